The first-order valence-electron chi connectivity index (χ1n) is 11.2. The quantitative estimate of drug-likeness (QED) is 0.238. The van der Waals surface area contributed by atoms with Crippen molar-refractivity contribution < 1.29 is 27.4 Å². The van der Waals surface area contributed by atoms with Crippen LogP contribution in [0.25, 0.3) is 22.3 Å². The van der Waals surface area contributed by atoms with E-state index in [2.05, 4.69) is 0 Å². The zero-order valence-corrected chi connectivity index (χ0v) is 18.0. The van der Waals surface area contributed by atoms with Crippen LogP contribution in [0.15, 0.2) is 54.6 Å². The molecule has 0 radical (unpaired) electrons. The van der Waals surface area contributed by atoms with Gasteiger partial charge in [0.2, 0.25) is 0 Å². The second kappa shape index (κ2) is 9.02. The van der Waals surface area contributed by atoms with Crippen LogP contribution in [0.1, 0.15) is 43.8 Å². The van der Waals surface area contributed by atoms with Crippen molar-refractivity contribution in [1.29, 1.82) is 0 Å². The summed E-state index contributed by atoms with van der Waals surface area (Å²) in [5, 5.41) is 0. The van der Waals surface area contributed by atoms with Crippen LogP contribution in [0.5, 0.6) is 5.75 Å². The van der Waals surface area contributed by atoms with Crippen molar-refractivity contribution in [3.63, 3.8) is 0 Å². The van der Waals surface area contributed by atoms with Gasteiger partial charge in [-0.2, -0.15) is 0 Å². The van der Waals surface area contributed by atoms with Crippen molar-refractivity contribution in [2.45, 2.75) is 38.2 Å². The van der Waals surface area contributed by atoms with E-state index in [-0.39, 0.29) is 34.9 Å². The summed E-state index contributed by atoms with van der Waals surface area (Å²) < 4.78 is 54.1. The Morgan fingerprint density at radius 3 is 2.09 bits per heavy atom. The maximum absolute atomic E-state index is 14.8. The van der Waals surface area contributed by atoms with E-state index in [0.717, 1.165) is 32.1 Å². The van der Waals surface area contributed by atoms with E-state index in [1.54, 1.807) is 36.4 Å². The molecule has 0 spiro atoms. The van der Waals surface area contributed by atoms with Crippen molar-refractivity contribution in [2.75, 3.05) is 6.61 Å². The molecule has 2 fully saturated rings. The summed E-state index contributed by atoms with van der Waals surface area (Å²) in [4.78, 5) is 12.3. The predicted octanol–water partition coefficient (Wildman–Crippen LogP) is 6.99. The van der Waals surface area contributed by atoms with Gasteiger partial charge in [-0.25, -0.2) is 13.2 Å². The number of halogens is 3. The minimum absolute atomic E-state index is 0.120. The van der Waals surface area contributed by atoms with E-state index in [1.165, 1.54) is 18.2 Å². The third kappa shape index (κ3) is 4.53. The lowest BCUT2D eigenvalue weighted by molar-refractivity contribution is -0.140. The lowest BCUT2D eigenvalue weighted by Crippen LogP contribution is -2.22. The Morgan fingerprint density at radius 2 is 1.45 bits per heavy atom. The standard InChI is InChI=1S/C27H23F3O3/c28-23-14-19(33-27(31)18-4-2-1-3-5-18)10-11-20(23)16-6-8-17(9-7-16)21-12-13-22(24-15-32-24)26(30)25(21)29/h6-14,18,24H,1-5,15H2. The van der Waals surface area contributed by atoms with Gasteiger partial charge >= 0.3 is 5.97 Å². The maximum Gasteiger partial charge on any atom is 0.314 e. The predicted molar refractivity (Wildman–Crippen MR) is 118 cm³/mol. The van der Waals surface area contributed by atoms with Crippen LogP contribution in [0.2, 0.25) is 0 Å². The van der Waals surface area contributed by atoms with Crippen LogP contribution in [0.3, 0.4) is 0 Å². The number of ether oxygens (including phenoxy) is 2. The molecule has 1 unspecified atom stereocenters. The number of carbonyl (C=O) groups excluding carboxylic acids is 1. The molecule has 1 aliphatic heterocycles. The maximum atomic E-state index is 14.8. The molecule has 6 heteroatoms. The van der Waals surface area contributed by atoms with Crippen LogP contribution in [-0.2, 0) is 9.53 Å². The summed E-state index contributed by atoms with van der Waals surface area (Å²) in [5.74, 6) is -2.59. The molecule has 0 aromatic heterocycles. The zero-order chi connectivity index (χ0) is 22.9. The number of benzene rings is 3. The second-order valence-electron chi connectivity index (χ2n) is 8.63. The van der Waals surface area contributed by atoms with Gasteiger partial charge in [0.1, 0.15) is 17.7 Å². The third-order valence-corrected chi connectivity index (χ3v) is 6.40. The lowest BCUT2D eigenvalue weighted by atomic mass is 9.89. The lowest BCUT2D eigenvalue weighted by Gasteiger charge is -2.19. The van der Waals surface area contributed by atoms with Gasteiger partial charge in [-0.15, -0.1) is 0 Å². The molecule has 1 heterocycles. The first-order chi connectivity index (χ1) is 16.0. The molecule has 33 heavy (non-hydrogen) atoms. The van der Waals surface area contributed by atoms with Crippen LogP contribution in [0, 0.1) is 23.4 Å². The summed E-state index contributed by atoms with van der Waals surface area (Å²) in [5.41, 5.74) is 1.74. The fourth-order valence-electron chi connectivity index (χ4n) is 4.42. The van der Waals surface area contributed by atoms with Crippen LogP contribution in [0.4, 0.5) is 13.2 Å². The average Bonchev–Trinajstić information content (AvgIpc) is 3.67. The van der Waals surface area contributed by atoms with Crippen molar-refractivity contribution in [1.82, 2.24) is 0 Å². The molecule has 2 aliphatic rings. The molecule has 1 saturated carbocycles. The molecule has 1 aliphatic carbocycles. The molecule has 3 aromatic rings. The van der Waals surface area contributed by atoms with Gasteiger partial charge in [-0.05, 0) is 36.1 Å². The largest absolute Gasteiger partial charge is 0.426 e. The Morgan fingerprint density at radius 1 is 0.818 bits per heavy atom. The molecule has 0 bridgehead atoms. The third-order valence-electron chi connectivity index (χ3n) is 6.40. The van der Waals surface area contributed by atoms with E-state index in [4.69, 9.17) is 9.47 Å². The Balaban J connectivity index is 1.33. The Hall–Kier alpha value is -3.12. The molecular weight excluding hydrogens is 429 g/mol. The Kier molecular flexibility index (Phi) is 5.94. The minimum atomic E-state index is -0.925. The van der Waals surface area contributed by atoms with Crippen LogP contribution >= 0.6 is 0 Å². The molecule has 3 nitrogen and oxygen atoms in total. The Labute approximate surface area is 190 Å². The highest BCUT2D eigenvalue weighted by atomic mass is 19.2. The summed E-state index contributed by atoms with van der Waals surface area (Å²) in [7, 11) is 0. The van der Waals surface area contributed by atoms with E-state index < -0.39 is 17.5 Å². The molecular formula is C27H23F3O3. The second-order valence-corrected chi connectivity index (χ2v) is 8.63. The topological polar surface area (TPSA) is 38.8 Å². The van der Waals surface area contributed by atoms with Gasteiger partial charge in [-0.1, -0.05) is 55.7 Å². The Bertz CT molecular complexity index is 1180. The fourth-order valence-corrected chi connectivity index (χ4v) is 4.42. The SMILES string of the molecule is O=C(Oc1ccc(-c2ccc(-c3ccc(C4CO4)c(F)c3F)cc2)c(F)c1)C1CCCCC1. The van der Waals surface area contributed by atoms with Gasteiger partial charge < -0.3 is 9.47 Å². The van der Waals surface area contributed by atoms with Gasteiger partial charge in [0.15, 0.2) is 11.6 Å². The van der Waals surface area contributed by atoms with E-state index in [9.17, 15) is 18.0 Å². The number of hydrogen-bond acceptors (Lipinski definition) is 3. The first kappa shape index (κ1) is 21.7. The number of epoxide rings is 1. The number of esters is 1. The van der Waals surface area contributed by atoms with Crippen molar-refractivity contribution in [3.05, 3.63) is 77.6 Å². The molecule has 3 aromatic carbocycles. The number of rotatable bonds is 5. The van der Waals surface area contributed by atoms with E-state index >= 15 is 0 Å². The van der Waals surface area contributed by atoms with Gasteiger partial charge in [-0.3, -0.25) is 4.79 Å². The van der Waals surface area contributed by atoms with E-state index in [1.807, 2.05) is 0 Å². The van der Waals surface area contributed by atoms with Gasteiger partial charge in [0, 0.05) is 22.8 Å². The number of hydrogen-bond donors (Lipinski definition) is 0. The molecule has 170 valence electrons. The van der Waals surface area contributed by atoms with Crippen molar-refractivity contribution in [2.24, 2.45) is 5.92 Å². The smallest absolute Gasteiger partial charge is 0.314 e. The fraction of sp³-hybridized carbons (Fsp3) is 0.296. The highest BCUT2D eigenvalue weighted by Gasteiger charge is 2.30. The molecule has 5 rings (SSSR count). The zero-order valence-electron chi connectivity index (χ0n) is 18.0. The number of carbonyl (C=O) groups is 1. The molecule has 1 saturated heterocycles. The van der Waals surface area contributed by atoms with Crippen molar-refractivity contribution in [3.8, 4) is 28.0 Å². The summed E-state index contributed by atoms with van der Waals surface area (Å²) >= 11 is 0. The monoisotopic (exact) mass is 452 g/mol. The van der Waals surface area contributed by atoms with Gasteiger partial charge in [0.25, 0.3) is 0 Å². The molecule has 0 amide bonds. The minimum Gasteiger partial charge on any atom is -0.426 e. The summed E-state index contributed by atoms with van der Waals surface area (Å²) in [6.07, 6.45) is 4.41. The molecule has 0 N–H and O–H groups in total. The summed E-state index contributed by atoms with van der Waals surface area (Å²) in [6.45, 7) is 0.397. The average molecular weight is 452 g/mol. The van der Waals surface area contributed by atoms with Crippen LogP contribution < -0.4 is 4.74 Å². The van der Waals surface area contributed by atoms with Crippen LogP contribution in [-0.4, -0.2) is 12.6 Å². The van der Waals surface area contributed by atoms with E-state index in [0.29, 0.717) is 23.3 Å². The highest BCUT2D eigenvalue weighted by molar-refractivity contribution is 5.76. The normalized spacial score (nSPS) is 18.2. The summed E-state index contributed by atoms with van der Waals surface area (Å²) in [6, 6.07) is 13.9. The first-order valence-corrected chi connectivity index (χ1v) is 11.2. The van der Waals surface area contributed by atoms with Crippen molar-refractivity contribution >= 4 is 5.97 Å². The van der Waals surface area contributed by atoms with Gasteiger partial charge in [0.05, 0.1) is 12.5 Å². The highest BCUT2D eigenvalue weighted by Crippen LogP contribution is 2.36. The molecule has 1 atom stereocenters.